The Kier molecular flexibility index (Phi) is 5.62. The van der Waals surface area contributed by atoms with Crippen LogP contribution in [0.15, 0.2) is 60.7 Å². The van der Waals surface area contributed by atoms with Gasteiger partial charge in [-0.3, -0.25) is 19.3 Å². The van der Waals surface area contributed by atoms with Crippen molar-refractivity contribution in [1.82, 2.24) is 4.90 Å². The maximum atomic E-state index is 12.7. The van der Waals surface area contributed by atoms with Gasteiger partial charge in [0.25, 0.3) is 11.8 Å². The summed E-state index contributed by atoms with van der Waals surface area (Å²) in [5.41, 5.74) is 0.173. The number of rotatable bonds is 6. The van der Waals surface area contributed by atoms with Crippen LogP contribution in [0.4, 0.5) is 0 Å². The summed E-state index contributed by atoms with van der Waals surface area (Å²) >= 11 is 0. The van der Waals surface area contributed by atoms with Gasteiger partial charge in [-0.2, -0.15) is 0 Å². The van der Waals surface area contributed by atoms with Crippen LogP contribution in [-0.2, 0) is 9.59 Å². The SMILES string of the molecule is O=C(O)CC(C(=O)O)N(C(=O)c1ccccc1)C(=O)c1ccccc1. The molecule has 0 saturated carbocycles. The zero-order valence-corrected chi connectivity index (χ0v) is 13.0. The van der Waals surface area contributed by atoms with Gasteiger partial charge in [0.15, 0.2) is 0 Å². The van der Waals surface area contributed by atoms with Crippen LogP contribution in [0, 0.1) is 0 Å². The van der Waals surface area contributed by atoms with Gasteiger partial charge in [0.2, 0.25) is 0 Å². The van der Waals surface area contributed by atoms with E-state index in [0.29, 0.717) is 4.90 Å². The third-order valence-electron chi connectivity index (χ3n) is 3.44. The highest BCUT2D eigenvalue weighted by atomic mass is 16.4. The summed E-state index contributed by atoms with van der Waals surface area (Å²) in [4.78, 5) is 48.5. The molecule has 7 heteroatoms. The highest BCUT2D eigenvalue weighted by Crippen LogP contribution is 2.16. The first-order valence-corrected chi connectivity index (χ1v) is 7.34. The molecule has 0 saturated heterocycles. The van der Waals surface area contributed by atoms with Crippen LogP contribution in [0.3, 0.4) is 0 Å². The van der Waals surface area contributed by atoms with E-state index < -0.39 is 36.2 Å². The normalized spacial score (nSPS) is 11.4. The van der Waals surface area contributed by atoms with Crippen LogP contribution in [0.1, 0.15) is 27.1 Å². The molecular weight excluding hydrogens is 326 g/mol. The van der Waals surface area contributed by atoms with Crippen LogP contribution in [0.5, 0.6) is 0 Å². The van der Waals surface area contributed by atoms with Gasteiger partial charge in [-0.05, 0) is 24.3 Å². The van der Waals surface area contributed by atoms with Crippen molar-refractivity contribution in [3.05, 3.63) is 71.8 Å². The minimum absolute atomic E-state index is 0.0865. The Labute approximate surface area is 143 Å². The second kappa shape index (κ2) is 7.87. The van der Waals surface area contributed by atoms with E-state index >= 15 is 0 Å². The van der Waals surface area contributed by atoms with Crippen molar-refractivity contribution in [1.29, 1.82) is 0 Å². The third-order valence-corrected chi connectivity index (χ3v) is 3.44. The number of benzene rings is 2. The number of aliphatic carboxylic acids is 2. The molecule has 2 amide bonds. The number of amides is 2. The lowest BCUT2D eigenvalue weighted by atomic mass is 10.1. The van der Waals surface area contributed by atoms with Crippen molar-refractivity contribution in [2.75, 3.05) is 0 Å². The van der Waals surface area contributed by atoms with Gasteiger partial charge in [0.1, 0.15) is 6.04 Å². The Morgan fingerprint density at radius 3 is 1.48 bits per heavy atom. The molecule has 2 N–H and O–H groups in total. The largest absolute Gasteiger partial charge is 0.481 e. The zero-order valence-electron chi connectivity index (χ0n) is 13.0. The number of hydrogen-bond acceptors (Lipinski definition) is 4. The molecule has 0 bridgehead atoms. The number of hydrogen-bond donors (Lipinski definition) is 2. The second-order valence-corrected chi connectivity index (χ2v) is 5.16. The van der Waals surface area contributed by atoms with Crippen molar-refractivity contribution in [3.8, 4) is 0 Å². The lowest BCUT2D eigenvalue weighted by molar-refractivity contribution is -0.147. The van der Waals surface area contributed by atoms with Gasteiger partial charge in [-0.15, -0.1) is 0 Å². The molecule has 2 rings (SSSR count). The Morgan fingerprint density at radius 1 is 0.760 bits per heavy atom. The summed E-state index contributed by atoms with van der Waals surface area (Å²) in [5, 5.41) is 18.3. The summed E-state index contributed by atoms with van der Waals surface area (Å²) < 4.78 is 0. The first-order chi connectivity index (χ1) is 11.9. The van der Waals surface area contributed by atoms with Crippen molar-refractivity contribution in [2.24, 2.45) is 0 Å². The molecule has 0 spiro atoms. The fourth-order valence-electron chi connectivity index (χ4n) is 2.27. The summed E-state index contributed by atoms with van der Waals surface area (Å²) in [5.74, 6) is -4.75. The van der Waals surface area contributed by atoms with Crippen LogP contribution in [-0.4, -0.2) is 44.9 Å². The maximum Gasteiger partial charge on any atom is 0.327 e. The van der Waals surface area contributed by atoms with E-state index in [1.807, 2.05) is 0 Å². The second-order valence-electron chi connectivity index (χ2n) is 5.16. The highest BCUT2D eigenvalue weighted by Gasteiger charge is 2.37. The summed E-state index contributed by atoms with van der Waals surface area (Å²) in [6.45, 7) is 0. The van der Waals surface area contributed by atoms with Crippen molar-refractivity contribution >= 4 is 23.8 Å². The van der Waals surface area contributed by atoms with Crippen LogP contribution < -0.4 is 0 Å². The number of carbonyl (C=O) groups excluding carboxylic acids is 2. The smallest absolute Gasteiger partial charge is 0.327 e. The average molecular weight is 341 g/mol. The van der Waals surface area contributed by atoms with Crippen LogP contribution >= 0.6 is 0 Å². The quantitative estimate of drug-likeness (QED) is 0.776. The van der Waals surface area contributed by atoms with E-state index in [1.165, 1.54) is 24.3 Å². The molecule has 7 nitrogen and oxygen atoms in total. The van der Waals surface area contributed by atoms with Gasteiger partial charge in [0, 0.05) is 11.1 Å². The first kappa shape index (κ1) is 17.9. The highest BCUT2D eigenvalue weighted by molar-refractivity contribution is 6.12. The number of carboxylic acids is 2. The minimum atomic E-state index is -1.82. The predicted octanol–water partition coefficient (Wildman–Crippen LogP) is 1.90. The summed E-state index contributed by atoms with van der Waals surface area (Å²) in [7, 11) is 0. The zero-order chi connectivity index (χ0) is 18.4. The molecule has 2 aromatic carbocycles. The minimum Gasteiger partial charge on any atom is -0.481 e. The Hall–Kier alpha value is -3.48. The van der Waals surface area contributed by atoms with Crippen LogP contribution in [0.25, 0.3) is 0 Å². The molecule has 0 aromatic heterocycles. The maximum absolute atomic E-state index is 12.7. The summed E-state index contributed by atoms with van der Waals surface area (Å²) in [6.07, 6.45) is -0.896. The van der Waals surface area contributed by atoms with Gasteiger partial charge in [-0.1, -0.05) is 36.4 Å². The van der Waals surface area contributed by atoms with Crippen molar-refractivity contribution in [2.45, 2.75) is 12.5 Å². The van der Waals surface area contributed by atoms with Gasteiger partial charge < -0.3 is 10.2 Å². The molecule has 0 heterocycles. The number of carboxylic acid groups (broad SMARTS) is 2. The number of imide groups is 1. The lowest BCUT2D eigenvalue weighted by Gasteiger charge is -2.26. The van der Waals surface area contributed by atoms with Gasteiger partial charge >= 0.3 is 11.9 Å². The number of nitrogens with zero attached hydrogens (tertiary/aromatic N) is 1. The van der Waals surface area contributed by atoms with Crippen molar-refractivity contribution < 1.29 is 29.4 Å². The van der Waals surface area contributed by atoms with E-state index in [-0.39, 0.29) is 11.1 Å². The molecule has 0 aliphatic heterocycles. The van der Waals surface area contributed by atoms with E-state index in [4.69, 9.17) is 5.11 Å². The topological polar surface area (TPSA) is 112 Å². The molecule has 0 radical (unpaired) electrons. The molecule has 128 valence electrons. The average Bonchev–Trinajstić information content (AvgIpc) is 2.62. The monoisotopic (exact) mass is 341 g/mol. The molecule has 2 aromatic rings. The Morgan fingerprint density at radius 2 is 1.16 bits per heavy atom. The molecule has 1 unspecified atom stereocenters. The molecule has 1 atom stereocenters. The molecule has 0 aliphatic rings. The fourth-order valence-corrected chi connectivity index (χ4v) is 2.27. The Balaban J connectivity index is 2.50. The Bertz CT molecular complexity index is 736. The van der Waals surface area contributed by atoms with E-state index in [0.717, 1.165) is 0 Å². The van der Waals surface area contributed by atoms with E-state index in [2.05, 4.69) is 0 Å². The van der Waals surface area contributed by atoms with Gasteiger partial charge in [-0.25, -0.2) is 4.79 Å². The third kappa shape index (κ3) is 4.29. The van der Waals surface area contributed by atoms with Crippen molar-refractivity contribution in [3.63, 3.8) is 0 Å². The first-order valence-electron chi connectivity index (χ1n) is 7.34. The fraction of sp³-hybridized carbons (Fsp3) is 0.111. The molecule has 0 fully saturated rings. The molecule has 25 heavy (non-hydrogen) atoms. The predicted molar refractivity (Wildman–Crippen MR) is 87.1 cm³/mol. The van der Waals surface area contributed by atoms with Gasteiger partial charge in [0.05, 0.1) is 6.42 Å². The lowest BCUT2D eigenvalue weighted by Crippen LogP contribution is -2.49. The molecular formula is C18H15NO6. The summed E-state index contributed by atoms with van der Waals surface area (Å²) in [6, 6.07) is 13.4. The molecule has 0 aliphatic carbocycles. The standard InChI is InChI=1S/C18H15NO6/c20-15(21)11-14(18(24)25)19(16(22)12-7-3-1-4-8-12)17(23)13-9-5-2-6-10-13/h1-10,14H,11H2,(H,20,21)(H,24,25). The van der Waals surface area contributed by atoms with E-state index in [1.54, 1.807) is 36.4 Å². The van der Waals surface area contributed by atoms with Crippen LogP contribution in [0.2, 0.25) is 0 Å². The van der Waals surface area contributed by atoms with E-state index in [9.17, 15) is 24.3 Å². The number of carbonyl (C=O) groups is 4.